The lowest BCUT2D eigenvalue weighted by Crippen LogP contribution is -2.46. The Morgan fingerprint density at radius 3 is 2.43 bits per heavy atom. The SMILES string of the molecule is CNC(=O)[C@H](C)N(Cc1ccc(Cl)cc1Cl)C(=O)CCSc1ccc(C)cc1. The molecule has 0 aliphatic rings. The molecular formula is C21H24Cl2N2O2S. The number of benzene rings is 2. The van der Waals surface area contributed by atoms with Gasteiger partial charge in [-0.2, -0.15) is 0 Å². The van der Waals surface area contributed by atoms with E-state index in [2.05, 4.69) is 5.32 Å². The van der Waals surface area contributed by atoms with Gasteiger partial charge in [0.1, 0.15) is 6.04 Å². The van der Waals surface area contributed by atoms with Gasteiger partial charge in [-0.15, -0.1) is 11.8 Å². The predicted molar refractivity (Wildman–Crippen MR) is 117 cm³/mol. The average Bonchev–Trinajstić information content (AvgIpc) is 2.67. The molecule has 28 heavy (non-hydrogen) atoms. The molecule has 0 fully saturated rings. The molecule has 0 saturated heterocycles. The predicted octanol–water partition coefficient (Wildman–Crippen LogP) is 4.95. The smallest absolute Gasteiger partial charge is 0.242 e. The molecule has 0 unspecified atom stereocenters. The molecule has 2 aromatic carbocycles. The fourth-order valence-corrected chi connectivity index (χ4v) is 3.97. The third kappa shape index (κ3) is 6.43. The zero-order valence-electron chi connectivity index (χ0n) is 16.2. The highest BCUT2D eigenvalue weighted by Gasteiger charge is 2.25. The number of hydrogen-bond acceptors (Lipinski definition) is 3. The highest BCUT2D eigenvalue weighted by molar-refractivity contribution is 7.99. The van der Waals surface area contributed by atoms with E-state index in [1.54, 1.807) is 48.8 Å². The first kappa shape index (κ1) is 22.6. The Kier molecular flexibility index (Phi) is 8.67. The van der Waals surface area contributed by atoms with Gasteiger partial charge in [0.15, 0.2) is 0 Å². The molecular weight excluding hydrogens is 415 g/mol. The number of halogens is 2. The minimum absolute atomic E-state index is 0.0956. The lowest BCUT2D eigenvalue weighted by molar-refractivity contribution is -0.140. The number of hydrogen-bond donors (Lipinski definition) is 1. The quantitative estimate of drug-likeness (QED) is 0.593. The highest BCUT2D eigenvalue weighted by atomic mass is 35.5. The Balaban J connectivity index is 2.07. The molecule has 1 N–H and O–H groups in total. The summed E-state index contributed by atoms with van der Waals surface area (Å²) in [7, 11) is 1.56. The maximum absolute atomic E-state index is 12.9. The van der Waals surface area contributed by atoms with Crippen molar-refractivity contribution in [1.82, 2.24) is 10.2 Å². The molecule has 2 rings (SSSR count). The zero-order valence-corrected chi connectivity index (χ0v) is 18.5. The molecule has 2 aromatic rings. The number of carbonyl (C=O) groups is 2. The van der Waals surface area contributed by atoms with Crippen LogP contribution in [0.15, 0.2) is 47.4 Å². The van der Waals surface area contributed by atoms with Gasteiger partial charge < -0.3 is 10.2 Å². The van der Waals surface area contributed by atoms with Crippen LogP contribution in [0, 0.1) is 6.92 Å². The third-order valence-electron chi connectivity index (χ3n) is 4.38. The van der Waals surface area contributed by atoms with Crippen molar-refractivity contribution < 1.29 is 9.59 Å². The number of thioether (sulfide) groups is 1. The molecule has 0 aromatic heterocycles. The summed E-state index contributed by atoms with van der Waals surface area (Å²) in [5.74, 6) is 0.319. The molecule has 0 saturated carbocycles. The first-order chi connectivity index (χ1) is 13.3. The Morgan fingerprint density at radius 1 is 1.14 bits per heavy atom. The molecule has 1 atom stereocenters. The maximum Gasteiger partial charge on any atom is 0.242 e. The second-order valence-electron chi connectivity index (χ2n) is 6.46. The lowest BCUT2D eigenvalue weighted by Gasteiger charge is -2.28. The molecule has 0 heterocycles. The van der Waals surface area contributed by atoms with Gasteiger partial charge in [0, 0.05) is 40.7 Å². The highest BCUT2D eigenvalue weighted by Crippen LogP contribution is 2.24. The van der Waals surface area contributed by atoms with E-state index in [1.807, 2.05) is 31.2 Å². The summed E-state index contributed by atoms with van der Waals surface area (Å²) < 4.78 is 0. The van der Waals surface area contributed by atoms with Gasteiger partial charge in [-0.05, 0) is 43.7 Å². The largest absolute Gasteiger partial charge is 0.357 e. The summed E-state index contributed by atoms with van der Waals surface area (Å²) in [6, 6.07) is 12.7. The Hall–Kier alpha value is -1.69. The molecule has 0 spiro atoms. The van der Waals surface area contributed by atoms with Crippen LogP contribution in [0.5, 0.6) is 0 Å². The van der Waals surface area contributed by atoms with Crippen molar-refractivity contribution >= 4 is 46.8 Å². The van der Waals surface area contributed by atoms with E-state index in [0.717, 1.165) is 10.5 Å². The number of carbonyl (C=O) groups excluding carboxylic acids is 2. The molecule has 2 amide bonds. The van der Waals surface area contributed by atoms with Crippen molar-refractivity contribution in [2.24, 2.45) is 0 Å². The van der Waals surface area contributed by atoms with Gasteiger partial charge >= 0.3 is 0 Å². The molecule has 0 aliphatic carbocycles. The number of nitrogens with zero attached hydrogens (tertiary/aromatic N) is 1. The normalized spacial score (nSPS) is 11.8. The molecule has 0 bridgehead atoms. The summed E-state index contributed by atoms with van der Waals surface area (Å²) in [5, 5.41) is 3.61. The minimum atomic E-state index is -0.603. The average molecular weight is 439 g/mol. The van der Waals surface area contributed by atoms with Gasteiger partial charge in [0.05, 0.1) is 0 Å². The summed E-state index contributed by atoms with van der Waals surface area (Å²) >= 11 is 13.8. The summed E-state index contributed by atoms with van der Waals surface area (Å²) in [6.45, 7) is 4.00. The van der Waals surface area contributed by atoms with Gasteiger partial charge in [0.2, 0.25) is 11.8 Å². The first-order valence-electron chi connectivity index (χ1n) is 8.96. The van der Waals surface area contributed by atoms with E-state index < -0.39 is 6.04 Å². The van der Waals surface area contributed by atoms with Crippen LogP contribution < -0.4 is 5.32 Å². The first-order valence-corrected chi connectivity index (χ1v) is 10.7. The van der Waals surface area contributed by atoms with Gasteiger partial charge in [0.25, 0.3) is 0 Å². The standard InChI is InChI=1S/C21H24Cl2N2O2S/c1-14-4-8-18(9-5-14)28-11-10-20(26)25(15(2)21(27)24-3)13-16-6-7-17(22)12-19(16)23/h4-9,12,15H,10-11,13H2,1-3H3,(H,24,27)/t15-/m0/s1. The summed E-state index contributed by atoms with van der Waals surface area (Å²) in [4.78, 5) is 27.7. The van der Waals surface area contributed by atoms with E-state index in [-0.39, 0.29) is 18.4 Å². The van der Waals surface area contributed by atoms with Gasteiger partial charge in [-0.1, -0.05) is 47.0 Å². The second-order valence-corrected chi connectivity index (χ2v) is 8.47. The third-order valence-corrected chi connectivity index (χ3v) is 5.98. The monoisotopic (exact) mass is 438 g/mol. The van der Waals surface area contributed by atoms with E-state index >= 15 is 0 Å². The van der Waals surface area contributed by atoms with E-state index in [4.69, 9.17) is 23.2 Å². The van der Waals surface area contributed by atoms with E-state index in [1.165, 1.54) is 5.56 Å². The molecule has 7 heteroatoms. The zero-order chi connectivity index (χ0) is 20.7. The van der Waals surface area contributed by atoms with Crippen molar-refractivity contribution in [2.75, 3.05) is 12.8 Å². The number of likely N-dealkylation sites (N-methyl/N-ethyl adjacent to an activating group) is 1. The molecule has 150 valence electrons. The fourth-order valence-electron chi connectivity index (χ4n) is 2.66. The Morgan fingerprint density at radius 2 is 1.82 bits per heavy atom. The molecule has 0 aliphatic heterocycles. The topological polar surface area (TPSA) is 49.4 Å². The Bertz CT molecular complexity index is 828. The fraction of sp³-hybridized carbons (Fsp3) is 0.333. The van der Waals surface area contributed by atoms with Crippen molar-refractivity contribution in [3.05, 3.63) is 63.6 Å². The number of rotatable bonds is 8. The minimum Gasteiger partial charge on any atom is -0.357 e. The number of amides is 2. The van der Waals surface area contributed by atoms with Crippen LogP contribution in [0.1, 0.15) is 24.5 Å². The van der Waals surface area contributed by atoms with Crippen LogP contribution in [0.4, 0.5) is 0 Å². The van der Waals surface area contributed by atoms with Crippen LogP contribution in [0.2, 0.25) is 10.0 Å². The van der Waals surface area contributed by atoms with Crippen LogP contribution in [-0.2, 0) is 16.1 Å². The van der Waals surface area contributed by atoms with Crippen molar-refractivity contribution in [1.29, 1.82) is 0 Å². The van der Waals surface area contributed by atoms with Crippen LogP contribution in [-0.4, -0.2) is 35.6 Å². The molecule has 0 radical (unpaired) electrons. The van der Waals surface area contributed by atoms with E-state index in [9.17, 15) is 9.59 Å². The van der Waals surface area contributed by atoms with Crippen molar-refractivity contribution in [3.63, 3.8) is 0 Å². The maximum atomic E-state index is 12.9. The van der Waals surface area contributed by atoms with Crippen molar-refractivity contribution in [2.45, 2.75) is 37.8 Å². The second kappa shape index (κ2) is 10.7. The van der Waals surface area contributed by atoms with Crippen LogP contribution in [0.25, 0.3) is 0 Å². The Labute approximate surface area is 180 Å². The summed E-state index contributed by atoms with van der Waals surface area (Å²) in [5.41, 5.74) is 1.95. The van der Waals surface area contributed by atoms with E-state index in [0.29, 0.717) is 22.2 Å². The van der Waals surface area contributed by atoms with Gasteiger partial charge in [-0.3, -0.25) is 9.59 Å². The van der Waals surface area contributed by atoms with Gasteiger partial charge in [-0.25, -0.2) is 0 Å². The van der Waals surface area contributed by atoms with Crippen LogP contribution >= 0.6 is 35.0 Å². The molecule has 4 nitrogen and oxygen atoms in total. The van der Waals surface area contributed by atoms with Crippen molar-refractivity contribution in [3.8, 4) is 0 Å². The summed E-state index contributed by atoms with van der Waals surface area (Å²) in [6.07, 6.45) is 0.324. The number of aryl methyl sites for hydroxylation is 1. The lowest BCUT2D eigenvalue weighted by atomic mass is 10.1. The number of nitrogens with one attached hydrogen (secondary N) is 1. The van der Waals surface area contributed by atoms with Crippen LogP contribution in [0.3, 0.4) is 0 Å².